The van der Waals surface area contributed by atoms with Gasteiger partial charge in [0, 0.05) is 0 Å². The van der Waals surface area contributed by atoms with E-state index in [1.807, 2.05) is 0 Å². The molecule has 9 heavy (non-hydrogen) atoms. The molecule has 0 amide bonds. The van der Waals surface area contributed by atoms with Crippen molar-refractivity contribution in [3.05, 3.63) is 0 Å². The smallest absolute Gasteiger partial charge is 0.155 e. The van der Waals surface area contributed by atoms with E-state index in [1.54, 1.807) is 0 Å². The first-order valence-electron chi connectivity index (χ1n) is 3.59. The number of hydrogen-bond acceptors (Lipinski definition) is 1. The fourth-order valence-corrected chi connectivity index (χ4v) is 1.02. The lowest BCUT2D eigenvalue weighted by molar-refractivity contribution is -0.525. The van der Waals surface area contributed by atoms with Crippen LogP contribution in [0, 0.1) is 0 Å². The van der Waals surface area contributed by atoms with Gasteiger partial charge in [-0.1, -0.05) is 0 Å². The van der Waals surface area contributed by atoms with Crippen LogP contribution in [0.5, 0.6) is 0 Å². The summed E-state index contributed by atoms with van der Waals surface area (Å²) >= 11 is 0. The maximum absolute atomic E-state index is 2.36. The second-order valence-electron chi connectivity index (χ2n) is 2.57. The Labute approximate surface area is 56.8 Å². The molecule has 0 radical (unpaired) electrons. The molecule has 0 spiro atoms. The quantitative estimate of drug-likeness (QED) is 0.451. The van der Waals surface area contributed by atoms with Gasteiger partial charge in [-0.2, -0.15) is 0 Å². The molecule has 0 N–H and O–H groups in total. The molecule has 0 aromatic rings. The molecular weight excluding hydrogens is 112 g/mol. The topological polar surface area (TPSA) is 6.25 Å². The number of rotatable bonds is 1. The summed E-state index contributed by atoms with van der Waals surface area (Å²) in [5.41, 5.74) is 0. The Hall–Kier alpha value is -0.370. The third kappa shape index (κ3) is 1.79. The van der Waals surface area contributed by atoms with Gasteiger partial charge in [-0.05, 0) is 14.0 Å². The summed E-state index contributed by atoms with van der Waals surface area (Å²) in [7, 11) is 2.16. The largest absolute Gasteiger partial charge is 0.291 e. The molecule has 1 aliphatic rings. The van der Waals surface area contributed by atoms with Gasteiger partial charge in [0.2, 0.25) is 0 Å². The van der Waals surface area contributed by atoms with Gasteiger partial charge in [-0.25, -0.2) is 4.58 Å². The van der Waals surface area contributed by atoms with E-state index in [1.165, 1.54) is 13.1 Å². The van der Waals surface area contributed by atoms with Crippen LogP contribution in [-0.4, -0.2) is 48.9 Å². The molecule has 2 heteroatoms. The Morgan fingerprint density at radius 3 is 2.89 bits per heavy atom. The zero-order valence-corrected chi connectivity index (χ0v) is 6.30. The lowest BCUT2D eigenvalue weighted by atomic mass is 10.4. The minimum absolute atomic E-state index is 1.12. The summed E-state index contributed by atoms with van der Waals surface area (Å²) in [4.78, 5) is 2.33. The van der Waals surface area contributed by atoms with Crippen molar-refractivity contribution in [1.82, 2.24) is 4.90 Å². The molecular formula is C7H15N2+. The first kappa shape index (κ1) is 6.75. The fourth-order valence-electron chi connectivity index (χ4n) is 1.02. The van der Waals surface area contributed by atoms with E-state index in [2.05, 4.69) is 29.7 Å². The zero-order valence-electron chi connectivity index (χ0n) is 6.30. The third-order valence-corrected chi connectivity index (χ3v) is 1.83. The molecule has 0 saturated carbocycles. The average Bonchev–Trinajstić information content (AvgIpc) is 1.90. The maximum atomic E-state index is 2.36. The summed E-state index contributed by atoms with van der Waals surface area (Å²) < 4.78 is 2.36. The minimum atomic E-state index is 1.12. The Morgan fingerprint density at radius 1 is 1.67 bits per heavy atom. The highest BCUT2D eigenvalue weighted by molar-refractivity contribution is 5.54. The fraction of sp³-hybridized carbons (Fsp3) is 0.857. The summed E-state index contributed by atoms with van der Waals surface area (Å²) in [6, 6.07) is 0. The third-order valence-electron chi connectivity index (χ3n) is 1.83. The molecule has 0 saturated heterocycles. The van der Waals surface area contributed by atoms with Gasteiger partial charge in [0.25, 0.3) is 0 Å². The number of hydrogen-bond donors (Lipinski definition) is 0. The van der Waals surface area contributed by atoms with Crippen molar-refractivity contribution in [1.29, 1.82) is 0 Å². The molecule has 2 nitrogen and oxygen atoms in total. The van der Waals surface area contributed by atoms with Gasteiger partial charge in [-0.15, -0.1) is 0 Å². The molecule has 52 valence electrons. The number of nitrogens with zero attached hydrogens (tertiary/aromatic N) is 2. The lowest BCUT2D eigenvalue weighted by Gasteiger charge is -2.16. The molecule has 1 aliphatic heterocycles. The normalized spacial score (nSPS) is 21.8. The summed E-state index contributed by atoms with van der Waals surface area (Å²) in [5, 5.41) is 0. The Kier molecular flexibility index (Phi) is 2.22. The second-order valence-corrected chi connectivity index (χ2v) is 2.57. The van der Waals surface area contributed by atoms with Gasteiger partial charge in [-0.3, -0.25) is 4.90 Å². The highest BCUT2D eigenvalue weighted by Gasteiger charge is 2.09. The van der Waals surface area contributed by atoms with Gasteiger partial charge >= 0.3 is 0 Å². The molecule has 1 heterocycles. The van der Waals surface area contributed by atoms with E-state index in [-0.39, 0.29) is 0 Å². The van der Waals surface area contributed by atoms with Crippen LogP contribution in [0.3, 0.4) is 0 Å². The average molecular weight is 127 g/mol. The second kappa shape index (κ2) is 2.97. The Balaban J connectivity index is 2.40. The van der Waals surface area contributed by atoms with E-state index in [9.17, 15) is 0 Å². The van der Waals surface area contributed by atoms with Gasteiger partial charge < -0.3 is 0 Å². The predicted molar refractivity (Wildman–Crippen MR) is 39.2 cm³/mol. The predicted octanol–water partition coefficient (Wildman–Crippen LogP) is 0.0350. The molecule has 0 fully saturated rings. The zero-order chi connectivity index (χ0) is 6.69. The van der Waals surface area contributed by atoms with Crippen molar-refractivity contribution in [3.8, 4) is 0 Å². The Morgan fingerprint density at radius 2 is 2.44 bits per heavy atom. The molecule has 0 aliphatic carbocycles. The van der Waals surface area contributed by atoms with Crippen LogP contribution in [0.25, 0.3) is 0 Å². The van der Waals surface area contributed by atoms with Crippen LogP contribution in [-0.2, 0) is 0 Å². The molecule has 0 bridgehead atoms. The van der Waals surface area contributed by atoms with Crippen LogP contribution < -0.4 is 0 Å². The lowest BCUT2D eigenvalue weighted by Crippen LogP contribution is -2.36. The van der Waals surface area contributed by atoms with E-state index in [4.69, 9.17) is 0 Å². The van der Waals surface area contributed by atoms with Crippen molar-refractivity contribution in [2.75, 3.05) is 33.2 Å². The van der Waals surface area contributed by atoms with E-state index in [0.717, 1.165) is 13.1 Å². The molecule has 0 aromatic carbocycles. The monoisotopic (exact) mass is 127 g/mol. The SMILES string of the molecule is CC[N+]1=CCN(C)CC1. The van der Waals surface area contributed by atoms with Crippen LogP contribution in [0.4, 0.5) is 0 Å². The maximum Gasteiger partial charge on any atom is 0.155 e. The van der Waals surface area contributed by atoms with Crippen molar-refractivity contribution in [3.63, 3.8) is 0 Å². The highest BCUT2D eigenvalue weighted by atomic mass is 15.2. The van der Waals surface area contributed by atoms with Crippen LogP contribution >= 0.6 is 0 Å². The molecule has 0 unspecified atom stereocenters. The van der Waals surface area contributed by atoms with Crippen LogP contribution in [0.15, 0.2) is 0 Å². The van der Waals surface area contributed by atoms with Gasteiger partial charge in [0.1, 0.15) is 6.54 Å². The number of likely N-dealkylation sites (N-methyl/N-ethyl adjacent to an activating group) is 2. The van der Waals surface area contributed by atoms with E-state index < -0.39 is 0 Å². The van der Waals surface area contributed by atoms with Crippen molar-refractivity contribution in [2.45, 2.75) is 6.92 Å². The molecule has 0 atom stereocenters. The molecule has 0 aromatic heterocycles. The summed E-state index contributed by atoms with van der Waals surface area (Å²) in [5.74, 6) is 0. The van der Waals surface area contributed by atoms with Gasteiger partial charge in [0.05, 0.1) is 13.1 Å². The van der Waals surface area contributed by atoms with Crippen LogP contribution in [0.2, 0.25) is 0 Å². The molecule has 1 rings (SSSR count). The highest BCUT2D eigenvalue weighted by Crippen LogP contribution is 1.87. The summed E-state index contributed by atoms with van der Waals surface area (Å²) in [6.45, 7) is 6.89. The first-order valence-corrected chi connectivity index (χ1v) is 3.59. The van der Waals surface area contributed by atoms with Crippen molar-refractivity contribution in [2.24, 2.45) is 0 Å². The van der Waals surface area contributed by atoms with E-state index >= 15 is 0 Å². The summed E-state index contributed by atoms with van der Waals surface area (Å²) in [6.07, 6.45) is 2.27. The van der Waals surface area contributed by atoms with Gasteiger partial charge in [0.15, 0.2) is 12.8 Å². The van der Waals surface area contributed by atoms with Crippen molar-refractivity contribution < 1.29 is 4.58 Å². The first-order chi connectivity index (χ1) is 4.33. The van der Waals surface area contributed by atoms with Crippen LogP contribution in [0.1, 0.15) is 6.92 Å². The van der Waals surface area contributed by atoms with E-state index in [0.29, 0.717) is 0 Å². The van der Waals surface area contributed by atoms with Crippen molar-refractivity contribution >= 4 is 6.21 Å². The minimum Gasteiger partial charge on any atom is -0.291 e. The Bertz CT molecular complexity index is 118. The standard InChI is InChI=1S/C7H15N2/c1-3-9-6-4-8(2)5-7-9/h6H,3-5,7H2,1-2H3/q+1.